The van der Waals surface area contributed by atoms with Gasteiger partial charge >= 0.3 is 0 Å². The van der Waals surface area contributed by atoms with Gasteiger partial charge in [-0.05, 0) is 57.0 Å². The minimum Gasteiger partial charge on any atom is -0.488 e. The first-order valence-corrected chi connectivity index (χ1v) is 8.48. The lowest BCUT2D eigenvalue weighted by Crippen LogP contribution is -2.18. The van der Waals surface area contributed by atoms with E-state index >= 15 is 0 Å². The third kappa shape index (κ3) is 4.03. The Labute approximate surface area is 146 Å². The number of ether oxygens (including phenoxy) is 1. The van der Waals surface area contributed by atoms with Crippen LogP contribution >= 0.6 is 27.7 Å². The van der Waals surface area contributed by atoms with Crippen molar-refractivity contribution in [2.24, 2.45) is 0 Å². The number of thioether (sulfide) groups is 1. The van der Waals surface area contributed by atoms with Gasteiger partial charge in [-0.15, -0.1) is 0 Å². The largest absolute Gasteiger partial charge is 0.488 e. The highest BCUT2D eigenvalue weighted by Gasteiger charge is 2.22. The summed E-state index contributed by atoms with van der Waals surface area (Å²) in [6, 6.07) is 15.6. The molecule has 0 saturated carbocycles. The summed E-state index contributed by atoms with van der Waals surface area (Å²) in [5.74, 6) is 0.507. The van der Waals surface area contributed by atoms with E-state index in [2.05, 4.69) is 21.2 Å². The van der Waals surface area contributed by atoms with E-state index < -0.39 is 0 Å². The second-order valence-electron chi connectivity index (χ2n) is 4.86. The maximum atomic E-state index is 11.6. The molecule has 116 valence electrons. The van der Waals surface area contributed by atoms with Crippen molar-refractivity contribution >= 4 is 44.8 Å². The van der Waals surface area contributed by atoms with Gasteiger partial charge in [-0.25, -0.2) is 0 Å². The van der Waals surface area contributed by atoms with Crippen LogP contribution in [0.25, 0.3) is 6.08 Å². The van der Waals surface area contributed by atoms with Crippen molar-refractivity contribution in [3.63, 3.8) is 0 Å². The number of amides is 1. The molecule has 23 heavy (non-hydrogen) atoms. The lowest BCUT2D eigenvalue weighted by molar-refractivity contribution is -0.115. The van der Waals surface area contributed by atoms with Crippen LogP contribution in [0.3, 0.4) is 0 Å². The zero-order valence-electron chi connectivity index (χ0n) is 12.0. The van der Waals surface area contributed by atoms with E-state index in [9.17, 15) is 4.79 Å². The molecule has 6 heteroatoms. The van der Waals surface area contributed by atoms with Crippen molar-refractivity contribution in [1.29, 1.82) is 5.41 Å². The molecule has 1 aliphatic heterocycles. The highest BCUT2D eigenvalue weighted by molar-refractivity contribution is 9.10. The maximum absolute atomic E-state index is 11.6. The summed E-state index contributed by atoms with van der Waals surface area (Å²) in [5.41, 5.74) is 1.97. The predicted octanol–water partition coefficient (Wildman–Crippen LogP) is 4.17. The van der Waals surface area contributed by atoms with Crippen molar-refractivity contribution in [3.05, 3.63) is 69.0 Å². The van der Waals surface area contributed by atoms with Crippen LogP contribution in [0.15, 0.2) is 57.9 Å². The molecule has 1 amide bonds. The number of carbonyl (C=O) groups is 1. The normalized spacial score (nSPS) is 15.8. The Balaban J connectivity index is 1.72. The number of amidine groups is 1. The van der Waals surface area contributed by atoms with Crippen molar-refractivity contribution in [2.75, 3.05) is 0 Å². The molecule has 0 radical (unpaired) electrons. The zero-order chi connectivity index (χ0) is 16.2. The fraction of sp³-hybridized carbons (Fsp3) is 0.0588. The van der Waals surface area contributed by atoms with Crippen LogP contribution in [-0.2, 0) is 11.4 Å². The third-order valence-electron chi connectivity index (χ3n) is 3.15. The van der Waals surface area contributed by atoms with Crippen LogP contribution in [0.1, 0.15) is 11.1 Å². The maximum Gasteiger partial charge on any atom is 0.264 e. The van der Waals surface area contributed by atoms with Gasteiger partial charge in [0.05, 0.1) is 9.38 Å². The second-order valence-corrected chi connectivity index (χ2v) is 6.76. The summed E-state index contributed by atoms with van der Waals surface area (Å²) in [7, 11) is 0. The molecule has 0 bridgehead atoms. The van der Waals surface area contributed by atoms with E-state index in [1.54, 1.807) is 6.08 Å². The molecule has 4 nitrogen and oxygen atoms in total. The van der Waals surface area contributed by atoms with Gasteiger partial charge in [0.15, 0.2) is 5.17 Å². The molecule has 0 atom stereocenters. The molecule has 2 aromatic carbocycles. The zero-order valence-corrected chi connectivity index (χ0v) is 14.4. The Morgan fingerprint density at radius 3 is 2.65 bits per heavy atom. The molecule has 2 N–H and O–H groups in total. The lowest BCUT2D eigenvalue weighted by Gasteiger charge is -2.09. The van der Waals surface area contributed by atoms with Gasteiger partial charge < -0.3 is 10.1 Å². The molecule has 1 aliphatic rings. The molecule has 0 aromatic heterocycles. The molecular weight excluding hydrogens is 376 g/mol. The van der Waals surface area contributed by atoms with Gasteiger partial charge in [0.25, 0.3) is 5.91 Å². The van der Waals surface area contributed by atoms with Crippen molar-refractivity contribution in [2.45, 2.75) is 6.61 Å². The number of halogens is 1. The highest BCUT2D eigenvalue weighted by Crippen LogP contribution is 2.30. The molecule has 1 heterocycles. The van der Waals surface area contributed by atoms with Gasteiger partial charge in [-0.3, -0.25) is 10.2 Å². The standard InChI is InChI=1S/C17H13BrN2O2S/c18-13-8-12(9-15-16(21)20-17(19)23-15)6-7-14(13)22-10-11-4-2-1-3-5-11/h1-9H,10H2,(H2,19,20,21). The molecule has 0 aliphatic carbocycles. The fourth-order valence-electron chi connectivity index (χ4n) is 2.05. The van der Waals surface area contributed by atoms with Crippen LogP contribution in [0.2, 0.25) is 0 Å². The van der Waals surface area contributed by atoms with Crippen LogP contribution in [0, 0.1) is 5.41 Å². The molecule has 3 rings (SSSR count). The number of hydrogen-bond donors (Lipinski definition) is 2. The number of rotatable bonds is 4. The summed E-state index contributed by atoms with van der Waals surface area (Å²) in [5, 5.41) is 10.1. The Hall–Kier alpha value is -2.05. The van der Waals surface area contributed by atoms with Crippen molar-refractivity contribution in [3.8, 4) is 5.75 Å². The van der Waals surface area contributed by atoms with Crippen molar-refractivity contribution < 1.29 is 9.53 Å². The average Bonchev–Trinajstić information content (AvgIpc) is 2.85. The molecule has 1 saturated heterocycles. The summed E-state index contributed by atoms with van der Waals surface area (Å²) in [6.45, 7) is 0.495. The Bertz CT molecular complexity index is 790. The topological polar surface area (TPSA) is 62.2 Å². The summed E-state index contributed by atoms with van der Waals surface area (Å²) in [6.07, 6.45) is 1.76. The van der Waals surface area contributed by atoms with Gasteiger partial charge in [0, 0.05) is 0 Å². The summed E-state index contributed by atoms with van der Waals surface area (Å²) < 4.78 is 6.62. The van der Waals surface area contributed by atoms with Crippen LogP contribution in [0.5, 0.6) is 5.75 Å². The SMILES string of the molecule is N=C1NC(=O)C(=Cc2ccc(OCc3ccccc3)c(Br)c2)S1. The number of benzene rings is 2. The smallest absolute Gasteiger partial charge is 0.264 e. The summed E-state index contributed by atoms with van der Waals surface area (Å²) >= 11 is 4.62. The predicted molar refractivity (Wildman–Crippen MR) is 96.4 cm³/mol. The Morgan fingerprint density at radius 1 is 1.22 bits per heavy atom. The van der Waals surface area contributed by atoms with Crippen LogP contribution in [-0.4, -0.2) is 11.1 Å². The molecule has 0 spiro atoms. The van der Waals surface area contributed by atoms with E-state index in [0.29, 0.717) is 11.5 Å². The first-order valence-electron chi connectivity index (χ1n) is 6.87. The monoisotopic (exact) mass is 388 g/mol. The molecule has 0 unspecified atom stereocenters. The van der Waals surface area contributed by atoms with Crippen LogP contribution in [0.4, 0.5) is 0 Å². The first kappa shape index (κ1) is 15.8. The van der Waals surface area contributed by atoms with E-state index in [1.165, 1.54) is 0 Å². The van der Waals surface area contributed by atoms with Gasteiger partial charge in [0.1, 0.15) is 12.4 Å². The summed E-state index contributed by atoms with van der Waals surface area (Å²) in [4.78, 5) is 12.1. The third-order valence-corrected chi connectivity index (χ3v) is 4.60. The van der Waals surface area contributed by atoms with Gasteiger partial charge in [0.2, 0.25) is 0 Å². The molecule has 1 fully saturated rings. The Morgan fingerprint density at radius 2 is 2.00 bits per heavy atom. The van der Waals surface area contributed by atoms with E-state index in [4.69, 9.17) is 10.1 Å². The van der Waals surface area contributed by atoms with E-state index in [-0.39, 0.29) is 11.1 Å². The molecule has 2 aromatic rings. The average molecular weight is 389 g/mol. The van der Waals surface area contributed by atoms with Crippen LogP contribution < -0.4 is 10.1 Å². The minimum atomic E-state index is -0.236. The Kier molecular flexibility index (Phi) is 4.83. The minimum absolute atomic E-state index is 0.156. The van der Waals surface area contributed by atoms with E-state index in [0.717, 1.165) is 33.1 Å². The lowest BCUT2D eigenvalue weighted by atomic mass is 10.2. The molecular formula is C17H13BrN2O2S. The number of hydrogen-bond acceptors (Lipinski definition) is 4. The van der Waals surface area contributed by atoms with Crippen molar-refractivity contribution in [1.82, 2.24) is 5.32 Å². The number of nitrogens with one attached hydrogen (secondary N) is 2. The fourth-order valence-corrected chi connectivity index (χ4v) is 3.27. The van der Waals surface area contributed by atoms with E-state index in [1.807, 2.05) is 48.5 Å². The van der Waals surface area contributed by atoms with Gasteiger partial charge in [-0.1, -0.05) is 36.4 Å². The highest BCUT2D eigenvalue weighted by atomic mass is 79.9. The van der Waals surface area contributed by atoms with Gasteiger partial charge in [-0.2, -0.15) is 0 Å². The quantitative estimate of drug-likeness (QED) is 0.772. The second kappa shape index (κ2) is 7.02. The number of carbonyl (C=O) groups excluding carboxylic acids is 1. The first-order chi connectivity index (χ1) is 11.1.